The molecule has 192 valence electrons. The van der Waals surface area contributed by atoms with Gasteiger partial charge in [0.25, 0.3) is 10.0 Å². The third kappa shape index (κ3) is 5.99. The number of methoxy groups -OCH3 is 2. The maximum Gasteiger partial charge on any atom is 0.264 e. The second kappa shape index (κ2) is 11.0. The van der Waals surface area contributed by atoms with E-state index in [1.54, 1.807) is 12.1 Å². The van der Waals surface area contributed by atoms with E-state index in [1.807, 2.05) is 58.9 Å². The number of anilines is 1. The number of benzene rings is 3. The lowest BCUT2D eigenvalue weighted by atomic mass is 10.00. The third-order valence-electron chi connectivity index (χ3n) is 6.00. The van der Waals surface area contributed by atoms with Gasteiger partial charge in [-0.15, -0.1) is 0 Å². The fourth-order valence-corrected chi connectivity index (χ4v) is 5.66. The lowest BCUT2D eigenvalue weighted by Gasteiger charge is -2.26. The number of carbonyl (C=O) groups is 1. The van der Waals surface area contributed by atoms with Gasteiger partial charge >= 0.3 is 0 Å². The van der Waals surface area contributed by atoms with Crippen molar-refractivity contribution in [2.24, 2.45) is 0 Å². The molecule has 0 aliphatic carbocycles. The van der Waals surface area contributed by atoms with Crippen molar-refractivity contribution in [3.05, 3.63) is 82.4 Å². The summed E-state index contributed by atoms with van der Waals surface area (Å²) in [5.41, 5.74) is 5.33. The third-order valence-corrected chi connectivity index (χ3v) is 7.77. The molecule has 8 heteroatoms. The molecule has 1 atom stereocenters. The van der Waals surface area contributed by atoms with Crippen LogP contribution in [0.15, 0.2) is 59.5 Å². The van der Waals surface area contributed by atoms with E-state index >= 15 is 0 Å². The van der Waals surface area contributed by atoms with Crippen LogP contribution in [-0.2, 0) is 14.8 Å². The summed E-state index contributed by atoms with van der Waals surface area (Å²) in [6.45, 7) is 9.27. The highest BCUT2D eigenvalue weighted by atomic mass is 32.2. The first kappa shape index (κ1) is 27.1. The molecule has 3 rings (SSSR count). The van der Waals surface area contributed by atoms with Gasteiger partial charge in [-0.3, -0.25) is 9.10 Å². The number of aryl methyl sites for hydroxylation is 4. The van der Waals surface area contributed by atoms with Gasteiger partial charge in [0, 0.05) is 6.07 Å². The normalized spacial score (nSPS) is 12.1. The van der Waals surface area contributed by atoms with Crippen molar-refractivity contribution >= 4 is 21.6 Å². The number of sulfonamides is 1. The van der Waals surface area contributed by atoms with Crippen LogP contribution in [0.3, 0.4) is 0 Å². The monoisotopic (exact) mass is 510 g/mol. The molecule has 0 heterocycles. The van der Waals surface area contributed by atoms with E-state index in [2.05, 4.69) is 5.32 Å². The fraction of sp³-hybridized carbons (Fsp3) is 0.321. The molecule has 7 nitrogen and oxygen atoms in total. The number of amides is 1. The molecule has 0 saturated carbocycles. The molecule has 0 aliphatic heterocycles. The van der Waals surface area contributed by atoms with Crippen LogP contribution >= 0.6 is 0 Å². The van der Waals surface area contributed by atoms with Crippen molar-refractivity contribution in [3.63, 3.8) is 0 Å². The average Bonchev–Trinajstić information content (AvgIpc) is 2.82. The number of nitrogens with zero attached hydrogens (tertiary/aromatic N) is 1. The molecule has 0 aliphatic rings. The molecule has 3 aromatic carbocycles. The van der Waals surface area contributed by atoms with Crippen molar-refractivity contribution < 1.29 is 22.7 Å². The van der Waals surface area contributed by atoms with E-state index in [9.17, 15) is 13.2 Å². The Kier molecular flexibility index (Phi) is 8.30. The van der Waals surface area contributed by atoms with Gasteiger partial charge in [0.1, 0.15) is 6.54 Å². The van der Waals surface area contributed by atoms with Gasteiger partial charge in [-0.05, 0) is 81.1 Å². The lowest BCUT2D eigenvalue weighted by Crippen LogP contribution is -2.41. The highest BCUT2D eigenvalue weighted by Crippen LogP contribution is 2.32. The van der Waals surface area contributed by atoms with Crippen molar-refractivity contribution in [2.45, 2.75) is 45.6 Å². The minimum absolute atomic E-state index is 0.00492. The van der Waals surface area contributed by atoms with Gasteiger partial charge in [0.05, 0.1) is 30.8 Å². The molecule has 0 fully saturated rings. The fourth-order valence-electron chi connectivity index (χ4n) is 4.24. The second-order valence-electron chi connectivity index (χ2n) is 9.02. The number of nitrogens with one attached hydrogen (secondary N) is 1. The molecule has 0 saturated heterocycles. The lowest BCUT2D eigenvalue weighted by molar-refractivity contribution is -0.120. The van der Waals surface area contributed by atoms with Crippen LogP contribution < -0.4 is 19.1 Å². The number of carbonyl (C=O) groups excluding carboxylic acids is 1. The minimum atomic E-state index is -4.12. The molecular formula is C28H34N2O5S. The van der Waals surface area contributed by atoms with Crippen molar-refractivity contribution in [3.8, 4) is 11.5 Å². The molecule has 0 aromatic heterocycles. The van der Waals surface area contributed by atoms with E-state index in [0.717, 1.165) is 32.1 Å². The number of hydrogen-bond donors (Lipinski definition) is 1. The number of ether oxygens (including phenoxy) is 2. The molecule has 0 spiro atoms. The SMILES string of the molecule is COc1ccc(S(=O)(=O)N(CC(=O)NC(C)c2cc(C)ccc2C)c2cc(C)cc(C)c2)cc1OC. The summed E-state index contributed by atoms with van der Waals surface area (Å²) >= 11 is 0. The Balaban J connectivity index is 2.00. The topological polar surface area (TPSA) is 84.9 Å². The molecular weight excluding hydrogens is 476 g/mol. The maximum absolute atomic E-state index is 13.9. The first-order valence-corrected chi connectivity index (χ1v) is 13.1. The van der Waals surface area contributed by atoms with Crippen LogP contribution in [0, 0.1) is 27.7 Å². The predicted molar refractivity (Wildman–Crippen MR) is 142 cm³/mol. The Labute approximate surface area is 214 Å². The van der Waals surface area contributed by atoms with Gasteiger partial charge < -0.3 is 14.8 Å². The van der Waals surface area contributed by atoms with Crippen molar-refractivity contribution in [1.82, 2.24) is 5.32 Å². The zero-order valence-electron chi connectivity index (χ0n) is 21.9. The number of hydrogen-bond acceptors (Lipinski definition) is 5. The molecule has 0 bridgehead atoms. The summed E-state index contributed by atoms with van der Waals surface area (Å²) in [4.78, 5) is 13.2. The van der Waals surface area contributed by atoms with Gasteiger partial charge in [-0.2, -0.15) is 0 Å². The van der Waals surface area contributed by atoms with Gasteiger partial charge in [0.2, 0.25) is 5.91 Å². The molecule has 1 unspecified atom stereocenters. The maximum atomic E-state index is 13.9. The summed E-state index contributed by atoms with van der Waals surface area (Å²) in [7, 11) is -1.19. The highest BCUT2D eigenvalue weighted by Gasteiger charge is 2.29. The van der Waals surface area contributed by atoms with E-state index < -0.39 is 15.9 Å². The van der Waals surface area contributed by atoms with Crippen molar-refractivity contribution in [2.75, 3.05) is 25.1 Å². The summed E-state index contributed by atoms with van der Waals surface area (Å²) in [5, 5.41) is 2.97. The van der Waals surface area contributed by atoms with Crippen molar-refractivity contribution in [1.29, 1.82) is 0 Å². The summed E-state index contributed by atoms with van der Waals surface area (Å²) in [5.74, 6) is 0.285. The summed E-state index contributed by atoms with van der Waals surface area (Å²) < 4.78 is 39.4. The Morgan fingerprint density at radius 3 is 2.11 bits per heavy atom. The summed E-state index contributed by atoms with van der Waals surface area (Å²) in [6, 6.07) is 15.6. The highest BCUT2D eigenvalue weighted by molar-refractivity contribution is 7.92. The molecule has 3 aromatic rings. The quantitative estimate of drug-likeness (QED) is 0.437. The first-order valence-electron chi connectivity index (χ1n) is 11.7. The van der Waals surface area contributed by atoms with Gasteiger partial charge in [-0.25, -0.2) is 8.42 Å². The average molecular weight is 511 g/mol. The number of rotatable bonds is 9. The van der Waals surface area contributed by atoms with E-state index in [1.165, 1.54) is 32.4 Å². The standard InChI is InChI=1S/C28H34N2O5S/c1-18-8-9-21(4)25(15-18)22(5)29-28(31)17-30(23-13-19(2)12-20(3)14-23)36(32,33)24-10-11-26(34-6)27(16-24)35-7/h8-16,22H,17H2,1-7H3,(H,29,31). The van der Waals surface area contributed by atoms with E-state index in [4.69, 9.17) is 9.47 Å². The Morgan fingerprint density at radius 1 is 0.861 bits per heavy atom. The Morgan fingerprint density at radius 2 is 1.50 bits per heavy atom. The van der Waals surface area contributed by atoms with Crippen LogP contribution in [-0.4, -0.2) is 35.1 Å². The zero-order chi connectivity index (χ0) is 26.6. The Bertz CT molecular complexity index is 1350. The largest absolute Gasteiger partial charge is 0.493 e. The molecule has 36 heavy (non-hydrogen) atoms. The van der Waals surface area contributed by atoms with Crippen LogP contribution in [0.5, 0.6) is 11.5 Å². The van der Waals surface area contributed by atoms with Gasteiger partial charge in [-0.1, -0.05) is 29.8 Å². The predicted octanol–water partition coefficient (Wildman–Crippen LogP) is 5.01. The van der Waals surface area contributed by atoms with E-state index in [-0.39, 0.29) is 23.2 Å². The van der Waals surface area contributed by atoms with E-state index in [0.29, 0.717) is 11.4 Å². The van der Waals surface area contributed by atoms with Crippen LogP contribution in [0.25, 0.3) is 0 Å². The second-order valence-corrected chi connectivity index (χ2v) is 10.9. The Hall–Kier alpha value is -3.52. The van der Waals surface area contributed by atoms with Crippen LogP contribution in [0.1, 0.15) is 40.8 Å². The van der Waals surface area contributed by atoms with Crippen LogP contribution in [0.4, 0.5) is 5.69 Å². The molecule has 0 radical (unpaired) electrons. The molecule has 1 amide bonds. The smallest absolute Gasteiger partial charge is 0.264 e. The minimum Gasteiger partial charge on any atom is -0.493 e. The first-order chi connectivity index (χ1) is 17.0. The molecule has 1 N–H and O–H groups in total. The van der Waals surface area contributed by atoms with Crippen LogP contribution in [0.2, 0.25) is 0 Å². The summed E-state index contributed by atoms with van der Waals surface area (Å²) in [6.07, 6.45) is 0. The van der Waals surface area contributed by atoms with Gasteiger partial charge in [0.15, 0.2) is 11.5 Å². The zero-order valence-corrected chi connectivity index (χ0v) is 22.7.